The summed E-state index contributed by atoms with van der Waals surface area (Å²) in [5.41, 5.74) is 1.75. The second-order valence-electron chi connectivity index (χ2n) is 5.28. The number of benzene rings is 1. The largest absolute Gasteiger partial charge is 0.347 e. The highest BCUT2D eigenvalue weighted by Gasteiger charge is 2.42. The van der Waals surface area contributed by atoms with E-state index in [0.717, 1.165) is 24.9 Å². The van der Waals surface area contributed by atoms with Gasteiger partial charge in [-0.2, -0.15) is 5.26 Å². The molecule has 1 fully saturated rings. The lowest BCUT2D eigenvalue weighted by molar-refractivity contribution is 0.179. The molecule has 1 aliphatic heterocycles. The van der Waals surface area contributed by atoms with Crippen molar-refractivity contribution in [1.29, 1.82) is 5.26 Å². The van der Waals surface area contributed by atoms with Crippen LogP contribution in [0.15, 0.2) is 24.3 Å². The maximum absolute atomic E-state index is 13.0. The van der Waals surface area contributed by atoms with Gasteiger partial charge in [0.15, 0.2) is 0 Å². The molecule has 1 unspecified atom stereocenters. The molecular weight excluding hydrogens is 299 g/mol. The molecule has 22 heavy (non-hydrogen) atoms. The van der Waals surface area contributed by atoms with Crippen molar-refractivity contribution in [1.82, 2.24) is 4.90 Å². The summed E-state index contributed by atoms with van der Waals surface area (Å²) in [5, 5.41) is 8.85. The first-order valence-electron chi connectivity index (χ1n) is 7.74. The Morgan fingerprint density at radius 3 is 2.45 bits per heavy atom. The number of likely N-dealkylation sites (tertiary alicyclic amines) is 1. The highest BCUT2D eigenvalue weighted by molar-refractivity contribution is 7.54. The predicted molar refractivity (Wildman–Crippen MR) is 85.4 cm³/mol. The molecule has 120 valence electrons. The maximum Gasteiger partial charge on any atom is 0.347 e. The number of nitriles is 1. The van der Waals surface area contributed by atoms with E-state index in [1.54, 1.807) is 0 Å². The van der Waals surface area contributed by atoms with Gasteiger partial charge in [-0.1, -0.05) is 12.1 Å². The predicted octanol–water partition coefficient (Wildman–Crippen LogP) is 3.75. The van der Waals surface area contributed by atoms with Gasteiger partial charge in [0.2, 0.25) is 0 Å². The van der Waals surface area contributed by atoms with E-state index in [9.17, 15) is 4.57 Å². The van der Waals surface area contributed by atoms with Gasteiger partial charge in [0.05, 0.1) is 24.8 Å². The second-order valence-corrected chi connectivity index (χ2v) is 7.47. The van der Waals surface area contributed by atoms with Crippen molar-refractivity contribution < 1.29 is 13.6 Å². The van der Waals surface area contributed by atoms with Crippen LogP contribution in [0.5, 0.6) is 0 Å². The van der Waals surface area contributed by atoms with E-state index in [-0.39, 0.29) is 5.78 Å². The Balaban J connectivity index is 2.12. The van der Waals surface area contributed by atoms with Crippen molar-refractivity contribution in [2.75, 3.05) is 19.8 Å². The van der Waals surface area contributed by atoms with Gasteiger partial charge in [0.1, 0.15) is 5.78 Å². The third-order valence-corrected chi connectivity index (χ3v) is 6.33. The van der Waals surface area contributed by atoms with Crippen molar-refractivity contribution in [2.24, 2.45) is 0 Å². The average molecular weight is 322 g/mol. The minimum absolute atomic E-state index is 0.178. The number of hydrogen-bond donors (Lipinski definition) is 0. The zero-order chi connectivity index (χ0) is 16.0. The molecular formula is C16H23N2O3P. The number of nitrogens with zero attached hydrogens (tertiary/aromatic N) is 2. The van der Waals surface area contributed by atoms with Crippen molar-refractivity contribution in [2.45, 2.75) is 39.0 Å². The van der Waals surface area contributed by atoms with Crippen molar-refractivity contribution >= 4 is 7.60 Å². The highest BCUT2D eigenvalue weighted by Crippen LogP contribution is 2.57. The zero-order valence-electron chi connectivity index (χ0n) is 13.2. The molecule has 1 aliphatic rings. The summed E-state index contributed by atoms with van der Waals surface area (Å²) < 4.78 is 24.0. The fraction of sp³-hybridized carbons (Fsp3) is 0.562. The molecule has 0 spiro atoms. The highest BCUT2D eigenvalue weighted by atomic mass is 31.2. The van der Waals surface area contributed by atoms with Gasteiger partial charge < -0.3 is 9.05 Å². The minimum atomic E-state index is -3.10. The van der Waals surface area contributed by atoms with Gasteiger partial charge in [-0.3, -0.25) is 9.46 Å². The molecule has 1 aromatic rings. The molecule has 0 aliphatic carbocycles. The standard InChI is InChI=1S/C16H23N2O3P/c1-3-20-22(19,21-4-2)16-6-5-11-18(16)13-15-9-7-14(12-17)8-10-15/h7-10,16H,3-6,11,13H2,1-2H3. The quantitative estimate of drug-likeness (QED) is 0.716. The molecule has 6 heteroatoms. The van der Waals surface area contributed by atoms with Crippen LogP contribution in [0.4, 0.5) is 0 Å². The zero-order valence-corrected chi connectivity index (χ0v) is 14.1. The fourth-order valence-corrected chi connectivity index (χ4v) is 5.07. The summed E-state index contributed by atoms with van der Waals surface area (Å²) in [6.07, 6.45) is 1.82. The molecule has 1 saturated heterocycles. The van der Waals surface area contributed by atoms with Crippen molar-refractivity contribution in [3.05, 3.63) is 35.4 Å². The molecule has 1 aromatic carbocycles. The summed E-state index contributed by atoms with van der Waals surface area (Å²) in [4.78, 5) is 2.17. The Bertz CT molecular complexity index is 558. The van der Waals surface area contributed by atoms with Crippen LogP contribution >= 0.6 is 7.60 Å². The molecule has 1 heterocycles. The normalized spacial score (nSPS) is 19.2. The molecule has 0 saturated carbocycles. The number of rotatable bonds is 7. The van der Waals surface area contributed by atoms with E-state index in [2.05, 4.69) is 11.0 Å². The first kappa shape index (κ1) is 17.2. The molecule has 0 radical (unpaired) electrons. The lowest BCUT2D eigenvalue weighted by atomic mass is 10.1. The fourth-order valence-electron chi connectivity index (χ4n) is 2.84. The van der Waals surface area contributed by atoms with Crippen LogP contribution in [-0.2, 0) is 20.2 Å². The van der Waals surface area contributed by atoms with Crippen molar-refractivity contribution in [3.8, 4) is 6.07 Å². The number of hydrogen-bond acceptors (Lipinski definition) is 5. The van der Waals surface area contributed by atoms with Crippen LogP contribution in [0.1, 0.15) is 37.8 Å². The van der Waals surface area contributed by atoms with E-state index < -0.39 is 7.60 Å². The Morgan fingerprint density at radius 2 is 1.91 bits per heavy atom. The smallest absolute Gasteiger partial charge is 0.308 e. The van der Waals surface area contributed by atoms with E-state index in [4.69, 9.17) is 14.3 Å². The first-order chi connectivity index (χ1) is 10.6. The lowest BCUT2D eigenvalue weighted by Crippen LogP contribution is -2.30. The molecule has 0 amide bonds. The summed E-state index contributed by atoms with van der Waals surface area (Å²) in [6, 6.07) is 9.63. The van der Waals surface area contributed by atoms with Crippen LogP contribution in [0.3, 0.4) is 0 Å². The summed E-state index contributed by atoms with van der Waals surface area (Å²) in [5.74, 6) is -0.178. The Labute approximate surface area is 132 Å². The van der Waals surface area contributed by atoms with Gasteiger partial charge in [0.25, 0.3) is 0 Å². The molecule has 0 N–H and O–H groups in total. The summed E-state index contributed by atoms with van der Waals surface area (Å²) in [7, 11) is -3.10. The Hall–Kier alpha value is -1.18. The summed E-state index contributed by atoms with van der Waals surface area (Å²) in [6.45, 7) is 6.03. The van der Waals surface area contributed by atoms with Crippen molar-refractivity contribution in [3.63, 3.8) is 0 Å². The lowest BCUT2D eigenvalue weighted by Gasteiger charge is -2.30. The maximum atomic E-state index is 13.0. The van der Waals surface area contributed by atoms with Crippen LogP contribution in [-0.4, -0.2) is 30.4 Å². The van der Waals surface area contributed by atoms with E-state index in [1.807, 2.05) is 38.1 Å². The molecule has 5 nitrogen and oxygen atoms in total. The van der Waals surface area contributed by atoms with Gasteiger partial charge in [-0.15, -0.1) is 0 Å². The Kier molecular flexibility index (Phi) is 6.16. The monoisotopic (exact) mass is 322 g/mol. The topological polar surface area (TPSA) is 62.6 Å². The van der Waals surface area contributed by atoms with E-state index in [0.29, 0.717) is 25.3 Å². The molecule has 2 rings (SSSR count). The SMILES string of the molecule is CCOP(=O)(OCC)C1CCCN1Cc1ccc(C#N)cc1. The van der Waals surface area contributed by atoms with E-state index in [1.165, 1.54) is 0 Å². The van der Waals surface area contributed by atoms with Gasteiger partial charge in [-0.05, 0) is 50.9 Å². The van der Waals surface area contributed by atoms with E-state index >= 15 is 0 Å². The van der Waals surface area contributed by atoms with Gasteiger partial charge in [0, 0.05) is 6.54 Å². The molecule has 1 atom stereocenters. The molecule has 0 aromatic heterocycles. The third kappa shape index (κ3) is 3.97. The second kappa shape index (κ2) is 7.89. The molecule has 0 bridgehead atoms. The first-order valence-corrected chi connectivity index (χ1v) is 9.36. The van der Waals surface area contributed by atoms with Gasteiger partial charge in [-0.25, -0.2) is 0 Å². The minimum Gasteiger partial charge on any atom is -0.308 e. The van der Waals surface area contributed by atoms with Crippen LogP contribution in [0.2, 0.25) is 0 Å². The van der Waals surface area contributed by atoms with Crippen LogP contribution in [0.25, 0.3) is 0 Å². The van der Waals surface area contributed by atoms with Gasteiger partial charge >= 0.3 is 7.60 Å². The summed E-state index contributed by atoms with van der Waals surface area (Å²) >= 11 is 0. The van der Waals surface area contributed by atoms with Crippen LogP contribution < -0.4 is 0 Å². The third-order valence-electron chi connectivity index (χ3n) is 3.78. The van der Waals surface area contributed by atoms with Crippen LogP contribution in [0, 0.1) is 11.3 Å². The average Bonchev–Trinajstić information content (AvgIpc) is 2.97. The Morgan fingerprint density at radius 1 is 1.27 bits per heavy atom.